The molecule has 92 valence electrons. The van der Waals surface area contributed by atoms with E-state index in [-0.39, 0.29) is 5.91 Å². The van der Waals surface area contributed by atoms with Gasteiger partial charge < -0.3 is 11.1 Å². The summed E-state index contributed by atoms with van der Waals surface area (Å²) in [5, 5.41) is 3.37. The van der Waals surface area contributed by atoms with Crippen molar-refractivity contribution in [3.8, 4) is 0 Å². The van der Waals surface area contributed by atoms with Crippen LogP contribution in [0.1, 0.15) is 26.7 Å². The van der Waals surface area contributed by atoms with Crippen LogP contribution in [-0.4, -0.2) is 28.9 Å². The highest BCUT2D eigenvalue weighted by Gasteiger charge is 2.50. The second-order valence-corrected chi connectivity index (χ2v) is 6.43. The molecule has 0 saturated heterocycles. The van der Waals surface area contributed by atoms with Crippen molar-refractivity contribution in [3.63, 3.8) is 0 Å². The van der Waals surface area contributed by atoms with Crippen LogP contribution in [0.25, 0.3) is 0 Å². The van der Waals surface area contributed by atoms with E-state index in [2.05, 4.69) is 19.2 Å². The quantitative estimate of drug-likeness (QED) is 0.737. The third kappa shape index (κ3) is 2.69. The highest BCUT2D eigenvalue weighted by atomic mass is 32.2. The summed E-state index contributed by atoms with van der Waals surface area (Å²) in [4.78, 5) is 12.4. The lowest BCUT2D eigenvalue weighted by molar-refractivity contribution is -0.132. The number of amides is 1. The van der Waals surface area contributed by atoms with Crippen LogP contribution >= 0.6 is 24.0 Å². The molecule has 0 bridgehead atoms. The SMILES string of the molecule is CSC(C)CNC(=O)C1(C(N)=S)CC(C)C1. The highest BCUT2D eigenvalue weighted by molar-refractivity contribution is 7.99. The molecule has 1 aliphatic carbocycles. The number of carbonyl (C=O) groups is 1. The number of hydrogen-bond donors (Lipinski definition) is 2. The van der Waals surface area contributed by atoms with Crippen LogP contribution in [0.2, 0.25) is 0 Å². The van der Waals surface area contributed by atoms with Gasteiger partial charge in [-0.25, -0.2) is 0 Å². The maximum Gasteiger partial charge on any atom is 0.233 e. The zero-order valence-electron chi connectivity index (χ0n) is 10.1. The molecule has 1 atom stereocenters. The number of nitrogens with one attached hydrogen (secondary N) is 1. The Kier molecular flexibility index (Phi) is 4.62. The van der Waals surface area contributed by atoms with E-state index in [1.807, 2.05) is 6.26 Å². The van der Waals surface area contributed by atoms with Crippen LogP contribution in [0.5, 0.6) is 0 Å². The van der Waals surface area contributed by atoms with E-state index in [9.17, 15) is 4.79 Å². The Morgan fingerprint density at radius 3 is 2.62 bits per heavy atom. The molecule has 16 heavy (non-hydrogen) atoms. The lowest BCUT2D eigenvalue weighted by atomic mass is 9.62. The Morgan fingerprint density at radius 1 is 1.69 bits per heavy atom. The highest BCUT2D eigenvalue weighted by Crippen LogP contribution is 2.45. The molecular weight excluding hydrogens is 240 g/mol. The average Bonchev–Trinajstić information content (AvgIpc) is 2.19. The topological polar surface area (TPSA) is 55.1 Å². The van der Waals surface area contributed by atoms with Crippen molar-refractivity contribution in [3.05, 3.63) is 0 Å². The Hall–Kier alpha value is -0.290. The van der Waals surface area contributed by atoms with Gasteiger partial charge in [-0.3, -0.25) is 4.79 Å². The molecule has 0 aromatic rings. The maximum absolute atomic E-state index is 12.1. The van der Waals surface area contributed by atoms with Gasteiger partial charge in [-0.1, -0.05) is 26.1 Å². The lowest BCUT2D eigenvalue weighted by Crippen LogP contribution is -2.56. The standard InChI is InChI=1S/C11H20N2OS2/c1-7-4-11(5-7,9(12)15)10(14)13-6-8(2)16-3/h7-8H,4-6H2,1-3H3,(H2,12,15)(H,13,14). The maximum atomic E-state index is 12.1. The molecule has 3 N–H and O–H groups in total. The van der Waals surface area contributed by atoms with Gasteiger partial charge in [-0.15, -0.1) is 0 Å². The van der Waals surface area contributed by atoms with Gasteiger partial charge in [0.2, 0.25) is 5.91 Å². The van der Waals surface area contributed by atoms with E-state index in [4.69, 9.17) is 18.0 Å². The van der Waals surface area contributed by atoms with Gasteiger partial charge in [-0.05, 0) is 25.0 Å². The first-order valence-electron chi connectivity index (χ1n) is 5.53. The van der Waals surface area contributed by atoms with Crippen LogP contribution in [0.3, 0.4) is 0 Å². The normalized spacial score (nSPS) is 30.3. The van der Waals surface area contributed by atoms with E-state index in [0.717, 1.165) is 12.8 Å². The van der Waals surface area contributed by atoms with Crippen molar-refractivity contribution in [2.75, 3.05) is 12.8 Å². The summed E-state index contributed by atoms with van der Waals surface area (Å²) < 4.78 is 0. The molecule has 1 unspecified atom stereocenters. The van der Waals surface area contributed by atoms with Gasteiger partial charge in [0.1, 0.15) is 0 Å². The third-order valence-corrected chi connectivity index (χ3v) is 4.61. The number of thioether (sulfide) groups is 1. The number of hydrogen-bond acceptors (Lipinski definition) is 3. The minimum Gasteiger partial charge on any atom is -0.392 e. The van der Waals surface area contributed by atoms with Gasteiger partial charge >= 0.3 is 0 Å². The van der Waals surface area contributed by atoms with Gasteiger partial charge in [0.05, 0.1) is 10.4 Å². The van der Waals surface area contributed by atoms with Crippen LogP contribution in [0.15, 0.2) is 0 Å². The molecule has 0 heterocycles. The lowest BCUT2D eigenvalue weighted by Gasteiger charge is -2.44. The summed E-state index contributed by atoms with van der Waals surface area (Å²) in [7, 11) is 0. The second kappa shape index (κ2) is 5.36. The van der Waals surface area contributed by atoms with Gasteiger partial charge in [0.15, 0.2) is 0 Å². The van der Waals surface area contributed by atoms with Crippen LogP contribution < -0.4 is 11.1 Å². The van der Waals surface area contributed by atoms with Crippen molar-refractivity contribution < 1.29 is 4.79 Å². The van der Waals surface area contributed by atoms with E-state index < -0.39 is 5.41 Å². The summed E-state index contributed by atoms with van der Waals surface area (Å²) >= 11 is 6.76. The Morgan fingerprint density at radius 2 is 2.25 bits per heavy atom. The van der Waals surface area contributed by atoms with Crippen molar-refractivity contribution in [2.45, 2.75) is 31.9 Å². The first-order valence-corrected chi connectivity index (χ1v) is 7.23. The van der Waals surface area contributed by atoms with Crippen LogP contribution in [0, 0.1) is 11.3 Å². The molecule has 0 aromatic carbocycles. The molecular formula is C11H20N2OS2. The molecule has 1 fully saturated rings. The van der Waals surface area contributed by atoms with Crippen molar-refractivity contribution in [2.24, 2.45) is 17.1 Å². The molecule has 0 aromatic heterocycles. The van der Waals surface area contributed by atoms with Crippen molar-refractivity contribution in [1.29, 1.82) is 0 Å². The second-order valence-electron chi connectivity index (χ2n) is 4.72. The molecule has 1 amide bonds. The Bertz CT molecular complexity index is 288. The zero-order valence-corrected chi connectivity index (χ0v) is 11.7. The molecule has 0 aliphatic heterocycles. The average molecular weight is 260 g/mol. The van der Waals surface area contributed by atoms with Crippen molar-refractivity contribution >= 4 is 34.9 Å². The minimum atomic E-state index is -0.563. The largest absolute Gasteiger partial charge is 0.392 e. The predicted octanol–water partition coefficient (Wildman–Crippen LogP) is 1.56. The smallest absolute Gasteiger partial charge is 0.233 e. The molecule has 1 saturated carbocycles. The van der Waals surface area contributed by atoms with Gasteiger partial charge in [-0.2, -0.15) is 11.8 Å². The predicted molar refractivity (Wildman–Crippen MR) is 73.6 cm³/mol. The van der Waals surface area contributed by atoms with Crippen molar-refractivity contribution in [1.82, 2.24) is 5.32 Å². The summed E-state index contributed by atoms with van der Waals surface area (Å²) in [5.41, 5.74) is 5.14. The van der Waals surface area contributed by atoms with Crippen LogP contribution in [0.4, 0.5) is 0 Å². The van der Waals surface area contributed by atoms with E-state index in [0.29, 0.717) is 22.7 Å². The third-order valence-electron chi connectivity index (χ3n) is 3.25. The van der Waals surface area contributed by atoms with Gasteiger partial charge in [0, 0.05) is 11.8 Å². The summed E-state index contributed by atoms with van der Waals surface area (Å²) in [6, 6.07) is 0. The number of nitrogens with two attached hydrogens (primary N) is 1. The van der Waals surface area contributed by atoms with Gasteiger partial charge in [0.25, 0.3) is 0 Å². The Balaban J connectivity index is 2.54. The molecule has 5 heteroatoms. The fraction of sp³-hybridized carbons (Fsp3) is 0.818. The molecule has 0 radical (unpaired) electrons. The summed E-state index contributed by atoms with van der Waals surface area (Å²) in [6.07, 6.45) is 3.62. The number of carbonyl (C=O) groups excluding carboxylic acids is 1. The number of rotatable bonds is 5. The van der Waals surface area contributed by atoms with Crippen LogP contribution in [-0.2, 0) is 4.79 Å². The number of thiocarbonyl (C=S) groups is 1. The van der Waals surface area contributed by atoms with E-state index in [1.54, 1.807) is 11.8 Å². The summed E-state index contributed by atoms with van der Waals surface area (Å²) in [6.45, 7) is 4.88. The minimum absolute atomic E-state index is 0.0130. The van der Waals surface area contributed by atoms with E-state index in [1.165, 1.54) is 0 Å². The molecule has 1 rings (SSSR count). The van der Waals surface area contributed by atoms with E-state index >= 15 is 0 Å². The first kappa shape index (κ1) is 13.8. The fourth-order valence-electron chi connectivity index (χ4n) is 2.12. The molecule has 0 spiro atoms. The first-order chi connectivity index (χ1) is 7.42. The fourth-order valence-corrected chi connectivity index (χ4v) is 2.63. The zero-order chi connectivity index (χ0) is 12.3. The Labute approximate surface area is 107 Å². The molecule has 1 aliphatic rings. The monoisotopic (exact) mass is 260 g/mol. The summed E-state index contributed by atoms with van der Waals surface area (Å²) in [5.74, 6) is 0.559. The molecule has 3 nitrogen and oxygen atoms in total.